The van der Waals surface area contributed by atoms with Gasteiger partial charge in [-0.3, -0.25) is 14.8 Å². The van der Waals surface area contributed by atoms with E-state index in [9.17, 15) is 4.79 Å². The molecule has 1 N–H and O–H groups in total. The Hall–Kier alpha value is -1.44. The lowest BCUT2D eigenvalue weighted by atomic mass is 9.92. The number of carbonyl (C=O) groups excluding carboxylic acids is 1. The molecule has 7 heteroatoms. The van der Waals surface area contributed by atoms with E-state index in [0.717, 1.165) is 63.6 Å². The number of ether oxygens (including phenoxy) is 1. The molecule has 25 heavy (non-hydrogen) atoms. The van der Waals surface area contributed by atoms with Crippen molar-refractivity contribution in [2.24, 2.45) is 0 Å². The summed E-state index contributed by atoms with van der Waals surface area (Å²) in [5.41, 5.74) is 1.72. The first-order valence-electron chi connectivity index (χ1n) is 9.36. The van der Waals surface area contributed by atoms with Gasteiger partial charge in [-0.05, 0) is 26.3 Å². The molecule has 0 aromatic carbocycles. The predicted molar refractivity (Wildman–Crippen MR) is 96.9 cm³/mol. The molecule has 2 atom stereocenters. The van der Waals surface area contributed by atoms with Gasteiger partial charge < -0.3 is 14.5 Å². The van der Waals surface area contributed by atoms with Crippen LogP contribution >= 0.6 is 0 Å². The highest BCUT2D eigenvalue weighted by Crippen LogP contribution is 2.28. The lowest BCUT2D eigenvalue weighted by Crippen LogP contribution is -2.46. The van der Waals surface area contributed by atoms with Gasteiger partial charge in [0.2, 0.25) is 0 Å². The number of piperidine rings is 1. The first-order chi connectivity index (χ1) is 12.0. The number of aromatic nitrogens is 2. The van der Waals surface area contributed by atoms with Gasteiger partial charge in [0.15, 0.2) is 0 Å². The zero-order valence-corrected chi connectivity index (χ0v) is 15.7. The molecule has 0 saturated carbocycles. The van der Waals surface area contributed by atoms with Gasteiger partial charge in [-0.15, -0.1) is 0 Å². The van der Waals surface area contributed by atoms with Crippen LogP contribution in [-0.4, -0.2) is 96.9 Å². The van der Waals surface area contributed by atoms with Crippen LogP contribution in [0, 0.1) is 0 Å². The first kappa shape index (κ1) is 18.4. The molecule has 140 valence electrons. The highest BCUT2D eigenvalue weighted by molar-refractivity contribution is 5.94. The van der Waals surface area contributed by atoms with Crippen molar-refractivity contribution in [2.45, 2.75) is 31.8 Å². The second-order valence-corrected chi connectivity index (χ2v) is 7.52. The minimum Gasteiger partial charge on any atom is -0.376 e. The zero-order chi connectivity index (χ0) is 17.8. The van der Waals surface area contributed by atoms with Gasteiger partial charge in [0.25, 0.3) is 5.91 Å². The number of nitrogens with one attached hydrogen (secondary N) is 1. The Morgan fingerprint density at radius 3 is 2.80 bits per heavy atom. The lowest BCUT2D eigenvalue weighted by molar-refractivity contribution is -0.0212. The standard InChI is InChI=1S/C18H31N5O2/c1-14-12-23(9-10-25-14)8-7-22-6-4-5-15(13-22)17-16(11-19-20-17)18(24)21(2)3/h11,14-15H,4-10,12-13H2,1-3H3,(H,19,20)/t14-,15-/m0/s1. The van der Waals surface area contributed by atoms with Crippen molar-refractivity contribution in [3.8, 4) is 0 Å². The summed E-state index contributed by atoms with van der Waals surface area (Å²) in [5.74, 6) is 0.391. The summed E-state index contributed by atoms with van der Waals surface area (Å²) in [6.45, 7) is 9.35. The molecule has 1 amide bonds. The topological polar surface area (TPSA) is 64.7 Å². The van der Waals surface area contributed by atoms with E-state index in [-0.39, 0.29) is 5.91 Å². The Bertz CT molecular complexity index is 574. The number of morpholine rings is 1. The monoisotopic (exact) mass is 349 g/mol. The summed E-state index contributed by atoms with van der Waals surface area (Å²) < 4.78 is 5.62. The number of aromatic amines is 1. The average molecular weight is 349 g/mol. The maximum Gasteiger partial charge on any atom is 0.256 e. The number of H-pyrrole nitrogens is 1. The predicted octanol–water partition coefficient (Wildman–Crippen LogP) is 1.01. The van der Waals surface area contributed by atoms with E-state index in [1.165, 1.54) is 6.42 Å². The summed E-state index contributed by atoms with van der Waals surface area (Å²) in [7, 11) is 3.57. The molecule has 0 spiro atoms. The van der Waals surface area contributed by atoms with E-state index in [4.69, 9.17) is 4.74 Å². The average Bonchev–Trinajstić information content (AvgIpc) is 3.09. The molecule has 0 bridgehead atoms. The van der Waals surface area contributed by atoms with Gasteiger partial charge in [-0.25, -0.2) is 0 Å². The van der Waals surface area contributed by atoms with Gasteiger partial charge in [0, 0.05) is 52.7 Å². The summed E-state index contributed by atoms with van der Waals surface area (Å²) in [4.78, 5) is 19.0. The fraction of sp³-hybridized carbons (Fsp3) is 0.778. The van der Waals surface area contributed by atoms with E-state index in [2.05, 4.69) is 26.9 Å². The largest absolute Gasteiger partial charge is 0.376 e. The molecule has 3 heterocycles. The zero-order valence-electron chi connectivity index (χ0n) is 15.7. The first-order valence-corrected chi connectivity index (χ1v) is 9.36. The molecule has 2 saturated heterocycles. The van der Waals surface area contributed by atoms with Gasteiger partial charge >= 0.3 is 0 Å². The molecule has 1 aromatic rings. The third-order valence-corrected chi connectivity index (χ3v) is 5.28. The molecular weight excluding hydrogens is 318 g/mol. The maximum atomic E-state index is 12.3. The summed E-state index contributed by atoms with van der Waals surface area (Å²) in [5, 5.41) is 7.23. The van der Waals surface area contributed by atoms with E-state index in [1.807, 2.05) is 0 Å². The Morgan fingerprint density at radius 2 is 2.08 bits per heavy atom. The summed E-state index contributed by atoms with van der Waals surface area (Å²) in [6.07, 6.45) is 4.29. The molecule has 2 aliphatic rings. The van der Waals surface area contributed by atoms with Crippen LogP contribution in [0.4, 0.5) is 0 Å². The molecule has 0 unspecified atom stereocenters. The molecule has 0 radical (unpaired) electrons. The molecule has 2 aliphatic heterocycles. The molecule has 0 aliphatic carbocycles. The maximum absolute atomic E-state index is 12.3. The smallest absolute Gasteiger partial charge is 0.256 e. The van der Waals surface area contributed by atoms with Crippen molar-refractivity contribution < 1.29 is 9.53 Å². The summed E-state index contributed by atoms with van der Waals surface area (Å²) >= 11 is 0. The van der Waals surface area contributed by atoms with Gasteiger partial charge in [0.05, 0.1) is 30.2 Å². The highest BCUT2D eigenvalue weighted by Gasteiger charge is 2.27. The van der Waals surface area contributed by atoms with Crippen LogP contribution in [-0.2, 0) is 4.74 Å². The van der Waals surface area contributed by atoms with Crippen LogP contribution in [0.5, 0.6) is 0 Å². The molecule has 7 nitrogen and oxygen atoms in total. The number of hydrogen-bond acceptors (Lipinski definition) is 5. The van der Waals surface area contributed by atoms with Crippen LogP contribution < -0.4 is 0 Å². The number of carbonyl (C=O) groups is 1. The van der Waals surface area contributed by atoms with E-state index < -0.39 is 0 Å². The van der Waals surface area contributed by atoms with Crippen molar-refractivity contribution in [3.63, 3.8) is 0 Å². The van der Waals surface area contributed by atoms with Gasteiger partial charge in [0.1, 0.15) is 0 Å². The van der Waals surface area contributed by atoms with Crippen molar-refractivity contribution in [1.82, 2.24) is 24.9 Å². The number of rotatable bonds is 5. The highest BCUT2D eigenvalue weighted by atomic mass is 16.5. The normalized spacial score (nSPS) is 25.9. The molecular formula is C18H31N5O2. The molecule has 3 rings (SSSR count). The second-order valence-electron chi connectivity index (χ2n) is 7.52. The van der Waals surface area contributed by atoms with Crippen molar-refractivity contribution >= 4 is 5.91 Å². The van der Waals surface area contributed by atoms with Crippen LogP contribution in [0.15, 0.2) is 6.20 Å². The lowest BCUT2D eigenvalue weighted by Gasteiger charge is -2.36. The number of nitrogens with zero attached hydrogens (tertiary/aromatic N) is 4. The Labute approximate surface area is 150 Å². The SMILES string of the molecule is C[C@H]1CN(CCN2CCC[C@H](c3[nH]ncc3C(=O)N(C)C)C2)CCO1. The minimum atomic E-state index is 0.0307. The number of likely N-dealkylation sites (tertiary alicyclic amines) is 1. The van der Waals surface area contributed by atoms with Crippen LogP contribution in [0.2, 0.25) is 0 Å². The minimum absolute atomic E-state index is 0.0307. The van der Waals surface area contributed by atoms with Crippen LogP contribution in [0.3, 0.4) is 0 Å². The van der Waals surface area contributed by atoms with Gasteiger partial charge in [-0.1, -0.05) is 0 Å². The van der Waals surface area contributed by atoms with Crippen molar-refractivity contribution in [1.29, 1.82) is 0 Å². The van der Waals surface area contributed by atoms with E-state index in [0.29, 0.717) is 12.0 Å². The third kappa shape index (κ3) is 4.59. The van der Waals surface area contributed by atoms with Crippen molar-refractivity contribution in [2.75, 3.05) is 60.0 Å². The van der Waals surface area contributed by atoms with Crippen LogP contribution in [0.1, 0.15) is 41.7 Å². The second kappa shape index (κ2) is 8.29. The van der Waals surface area contributed by atoms with E-state index >= 15 is 0 Å². The number of hydrogen-bond donors (Lipinski definition) is 1. The number of amides is 1. The van der Waals surface area contributed by atoms with E-state index in [1.54, 1.807) is 25.2 Å². The molecule has 2 fully saturated rings. The third-order valence-electron chi connectivity index (χ3n) is 5.28. The summed E-state index contributed by atoms with van der Waals surface area (Å²) in [6, 6.07) is 0. The Kier molecular flexibility index (Phi) is 6.09. The fourth-order valence-electron chi connectivity index (χ4n) is 3.89. The quantitative estimate of drug-likeness (QED) is 0.860. The Morgan fingerprint density at radius 1 is 1.32 bits per heavy atom. The Balaban J connectivity index is 1.56. The van der Waals surface area contributed by atoms with Gasteiger partial charge in [-0.2, -0.15) is 5.10 Å². The van der Waals surface area contributed by atoms with Crippen LogP contribution in [0.25, 0.3) is 0 Å². The fourth-order valence-corrected chi connectivity index (χ4v) is 3.89. The molecule has 1 aromatic heterocycles. The van der Waals surface area contributed by atoms with Crippen molar-refractivity contribution in [3.05, 3.63) is 17.5 Å².